The summed E-state index contributed by atoms with van der Waals surface area (Å²) >= 11 is 6.26. The largest absolute Gasteiger partial charge is 0.503 e. The smallest absolute Gasteiger partial charge is 0.212 e. The van der Waals surface area contributed by atoms with Crippen molar-refractivity contribution in [3.8, 4) is 23.0 Å². The van der Waals surface area contributed by atoms with Gasteiger partial charge in [0.05, 0.1) is 35.9 Å². The molecule has 3 heterocycles. The van der Waals surface area contributed by atoms with Crippen molar-refractivity contribution in [2.45, 2.75) is 19.5 Å². The van der Waals surface area contributed by atoms with Crippen LogP contribution in [-0.4, -0.2) is 40.4 Å². The molecule has 0 saturated carbocycles. The van der Waals surface area contributed by atoms with Crippen molar-refractivity contribution < 1.29 is 19.3 Å². The quantitative estimate of drug-likeness (QED) is 0.585. The highest BCUT2D eigenvalue weighted by atomic mass is 35.5. The molecule has 1 unspecified atom stereocenters. The SMILES string of the molecule is CCOc1cc(C2N=C(N)Nc3nc4cc5c(cc4n32)OCCCO5)cc(Cl)c1O. The van der Waals surface area contributed by atoms with Gasteiger partial charge in [-0.15, -0.1) is 0 Å². The summed E-state index contributed by atoms with van der Waals surface area (Å²) in [4.78, 5) is 9.22. The highest BCUT2D eigenvalue weighted by Crippen LogP contribution is 2.42. The normalized spacial score (nSPS) is 17.7. The maximum atomic E-state index is 10.2. The van der Waals surface area contributed by atoms with Crippen LogP contribution in [0.1, 0.15) is 25.1 Å². The van der Waals surface area contributed by atoms with E-state index in [4.69, 9.17) is 31.5 Å². The summed E-state index contributed by atoms with van der Waals surface area (Å²) in [5, 5.41) is 13.4. The number of nitrogens with zero attached hydrogens (tertiary/aromatic N) is 3. The van der Waals surface area contributed by atoms with Crippen LogP contribution < -0.4 is 25.3 Å². The van der Waals surface area contributed by atoms with Crippen molar-refractivity contribution in [3.05, 3.63) is 34.9 Å². The number of aliphatic imine (C=N–C) groups is 1. The molecular weight excluding hydrogens is 410 g/mol. The Labute approximate surface area is 177 Å². The Hall–Kier alpha value is -3.33. The van der Waals surface area contributed by atoms with Crippen molar-refractivity contribution in [1.82, 2.24) is 9.55 Å². The monoisotopic (exact) mass is 429 g/mol. The topological polar surface area (TPSA) is 116 Å². The van der Waals surface area contributed by atoms with Gasteiger partial charge in [0.15, 0.2) is 35.1 Å². The summed E-state index contributed by atoms with van der Waals surface area (Å²) in [6.07, 6.45) is 0.253. The van der Waals surface area contributed by atoms with E-state index >= 15 is 0 Å². The minimum absolute atomic E-state index is 0.111. The molecule has 1 atom stereocenters. The Bertz CT molecular complexity index is 1180. The van der Waals surface area contributed by atoms with Crippen LogP contribution >= 0.6 is 11.6 Å². The molecule has 2 aliphatic rings. The number of hydrogen-bond donors (Lipinski definition) is 3. The van der Waals surface area contributed by atoms with Crippen molar-refractivity contribution >= 4 is 34.5 Å². The van der Waals surface area contributed by atoms with Crippen LogP contribution in [0.5, 0.6) is 23.0 Å². The lowest BCUT2D eigenvalue weighted by Crippen LogP contribution is -2.31. The molecule has 2 aromatic carbocycles. The van der Waals surface area contributed by atoms with Crippen LogP contribution in [0.4, 0.5) is 5.95 Å². The molecule has 0 fully saturated rings. The fourth-order valence-electron chi connectivity index (χ4n) is 3.66. The van der Waals surface area contributed by atoms with Gasteiger partial charge in [-0.3, -0.25) is 9.88 Å². The number of nitrogens with one attached hydrogen (secondary N) is 1. The second-order valence-electron chi connectivity index (χ2n) is 6.94. The zero-order chi connectivity index (χ0) is 20.8. The molecule has 0 spiro atoms. The Morgan fingerprint density at radius 1 is 1.27 bits per heavy atom. The Morgan fingerprint density at radius 3 is 2.80 bits per heavy atom. The summed E-state index contributed by atoms with van der Waals surface area (Å²) in [6.45, 7) is 3.39. The number of imidazole rings is 1. The Kier molecular flexibility index (Phi) is 4.47. The van der Waals surface area contributed by atoms with Gasteiger partial charge in [0.25, 0.3) is 0 Å². The first-order chi connectivity index (χ1) is 14.5. The van der Waals surface area contributed by atoms with E-state index in [0.717, 1.165) is 11.9 Å². The zero-order valence-corrected chi connectivity index (χ0v) is 16.9. The molecule has 4 N–H and O–H groups in total. The molecule has 0 aliphatic carbocycles. The van der Waals surface area contributed by atoms with Crippen LogP contribution in [0.2, 0.25) is 5.02 Å². The van der Waals surface area contributed by atoms with Gasteiger partial charge in [-0.25, -0.2) is 9.98 Å². The number of aromatic hydroxyl groups is 1. The average Bonchev–Trinajstić information content (AvgIpc) is 2.90. The van der Waals surface area contributed by atoms with Gasteiger partial charge in [0.1, 0.15) is 0 Å². The number of nitrogens with two attached hydrogens (primary N) is 1. The number of fused-ring (bicyclic) bond motifs is 4. The molecule has 156 valence electrons. The van der Waals surface area contributed by atoms with Gasteiger partial charge < -0.3 is 25.1 Å². The van der Waals surface area contributed by atoms with Crippen molar-refractivity contribution in [3.63, 3.8) is 0 Å². The van der Waals surface area contributed by atoms with Gasteiger partial charge in [0, 0.05) is 24.1 Å². The summed E-state index contributed by atoms with van der Waals surface area (Å²) in [5.41, 5.74) is 8.23. The van der Waals surface area contributed by atoms with Crippen LogP contribution in [-0.2, 0) is 0 Å². The molecule has 0 radical (unpaired) electrons. The molecule has 3 aromatic rings. The lowest BCUT2D eigenvalue weighted by molar-refractivity contribution is 0.297. The number of guanidine groups is 1. The molecular formula is C20H20ClN5O4. The number of aromatic nitrogens is 2. The van der Waals surface area contributed by atoms with E-state index in [9.17, 15) is 5.11 Å². The highest BCUT2D eigenvalue weighted by molar-refractivity contribution is 6.32. The maximum absolute atomic E-state index is 10.2. The number of ether oxygens (including phenoxy) is 3. The molecule has 30 heavy (non-hydrogen) atoms. The predicted molar refractivity (Wildman–Crippen MR) is 113 cm³/mol. The number of anilines is 1. The maximum Gasteiger partial charge on any atom is 0.212 e. The second kappa shape index (κ2) is 7.17. The first-order valence-corrected chi connectivity index (χ1v) is 10.00. The molecule has 1 aromatic heterocycles. The van der Waals surface area contributed by atoms with Crippen molar-refractivity contribution in [2.75, 3.05) is 25.1 Å². The lowest BCUT2D eigenvalue weighted by Gasteiger charge is -2.24. The number of benzene rings is 2. The third kappa shape index (κ3) is 3.02. The van der Waals surface area contributed by atoms with Gasteiger partial charge in [-0.1, -0.05) is 11.6 Å². The van der Waals surface area contributed by atoms with Crippen LogP contribution in [0.25, 0.3) is 11.0 Å². The first kappa shape index (κ1) is 18.7. The van der Waals surface area contributed by atoms with Crippen molar-refractivity contribution in [2.24, 2.45) is 10.7 Å². The molecule has 0 saturated heterocycles. The van der Waals surface area contributed by atoms with E-state index in [1.807, 2.05) is 23.6 Å². The number of rotatable bonds is 3. The van der Waals surface area contributed by atoms with Gasteiger partial charge in [-0.2, -0.15) is 0 Å². The molecule has 2 aliphatic heterocycles. The average molecular weight is 430 g/mol. The van der Waals surface area contributed by atoms with E-state index in [2.05, 4.69) is 15.3 Å². The lowest BCUT2D eigenvalue weighted by atomic mass is 10.1. The molecule has 0 amide bonds. The van der Waals surface area contributed by atoms with Gasteiger partial charge in [0.2, 0.25) is 5.95 Å². The van der Waals surface area contributed by atoms with E-state index < -0.39 is 6.17 Å². The standard InChI is InChI=1S/C20H20ClN5O4/c1-2-28-16-7-10(6-11(21)17(16)27)18-24-19(22)25-20-23-12-8-14-15(9-13(12)26(18)20)30-5-3-4-29-14/h6-9,18,27H,2-5H2,1H3,(H3,22,23,24,25). The van der Waals surface area contributed by atoms with Gasteiger partial charge in [-0.05, 0) is 19.1 Å². The third-order valence-corrected chi connectivity index (χ3v) is 5.24. The molecule has 10 heteroatoms. The predicted octanol–water partition coefficient (Wildman–Crippen LogP) is 3.24. The Morgan fingerprint density at radius 2 is 2.03 bits per heavy atom. The van der Waals surface area contributed by atoms with Crippen LogP contribution in [0.15, 0.2) is 29.3 Å². The van der Waals surface area contributed by atoms with Gasteiger partial charge >= 0.3 is 0 Å². The number of hydrogen-bond acceptors (Lipinski definition) is 8. The fraction of sp³-hybridized carbons (Fsp3) is 0.300. The second-order valence-corrected chi connectivity index (χ2v) is 7.35. The van der Waals surface area contributed by atoms with Crippen LogP contribution in [0.3, 0.4) is 0 Å². The van der Waals surface area contributed by atoms with Crippen LogP contribution in [0, 0.1) is 0 Å². The van der Waals surface area contributed by atoms with Crippen molar-refractivity contribution in [1.29, 1.82) is 0 Å². The molecule has 9 nitrogen and oxygen atoms in total. The van der Waals surface area contributed by atoms with E-state index in [0.29, 0.717) is 48.3 Å². The van der Waals surface area contributed by atoms with E-state index in [-0.39, 0.29) is 22.5 Å². The summed E-state index contributed by atoms with van der Waals surface area (Å²) < 4.78 is 19.1. The summed E-state index contributed by atoms with van der Waals surface area (Å²) in [7, 11) is 0. The minimum Gasteiger partial charge on any atom is -0.503 e. The van der Waals surface area contributed by atoms with E-state index in [1.165, 1.54) is 0 Å². The fourth-order valence-corrected chi connectivity index (χ4v) is 3.87. The first-order valence-electron chi connectivity index (χ1n) is 9.62. The highest BCUT2D eigenvalue weighted by Gasteiger charge is 2.28. The summed E-state index contributed by atoms with van der Waals surface area (Å²) in [5.74, 6) is 2.24. The van der Waals surface area contributed by atoms with E-state index in [1.54, 1.807) is 12.1 Å². The zero-order valence-electron chi connectivity index (χ0n) is 16.2. The molecule has 0 bridgehead atoms. The summed E-state index contributed by atoms with van der Waals surface area (Å²) in [6, 6.07) is 7.09. The number of phenols is 1. The Balaban J connectivity index is 1.69. The minimum atomic E-state index is -0.562. The number of phenolic OH excluding ortho intramolecular Hbond substituents is 1. The third-order valence-electron chi connectivity index (χ3n) is 4.95. The molecule has 5 rings (SSSR count). The number of halogens is 1.